The van der Waals surface area contributed by atoms with Gasteiger partial charge in [-0.3, -0.25) is 9.78 Å². The van der Waals surface area contributed by atoms with Crippen molar-refractivity contribution < 1.29 is 23.1 Å². The molecule has 198 valence electrons. The Morgan fingerprint density at radius 3 is 2.54 bits per heavy atom. The lowest BCUT2D eigenvalue weighted by Gasteiger charge is -2.30. The average molecular weight is 526 g/mol. The van der Waals surface area contributed by atoms with Crippen LogP contribution in [0.1, 0.15) is 79.4 Å². The van der Waals surface area contributed by atoms with Gasteiger partial charge in [0.05, 0.1) is 16.0 Å². The Kier molecular flexibility index (Phi) is 7.62. The topological polar surface area (TPSA) is 117 Å². The first-order valence-corrected chi connectivity index (χ1v) is 14.9. The molecule has 3 aliphatic rings. The van der Waals surface area contributed by atoms with Gasteiger partial charge in [-0.1, -0.05) is 11.6 Å². The summed E-state index contributed by atoms with van der Waals surface area (Å²) < 4.78 is 28.4. The van der Waals surface area contributed by atoms with Crippen LogP contribution in [0.2, 0.25) is 0 Å². The largest absolute Gasteiger partial charge is 0.478 e. The molecule has 0 saturated carbocycles. The minimum atomic E-state index is -3.82. The summed E-state index contributed by atoms with van der Waals surface area (Å²) >= 11 is 0. The van der Waals surface area contributed by atoms with Crippen LogP contribution in [0.25, 0.3) is 10.9 Å². The number of carboxylic acid groups (broad SMARTS) is 1. The van der Waals surface area contributed by atoms with Crippen LogP contribution >= 0.6 is 0 Å². The maximum atomic E-state index is 13.5. The van der Waals surface area contributed by atoms with E-state index in [1.165, 1.54) is 34.9 Å². The molecule has 8 nitrogen and oxygen atoms in total. The number of allylic oxidation sites excluding steroid dienone is 1. The molecule has 2 aliphatic carbocycles. The van der Waals surface area contributed by atoms with Gasteiger partial charge in [-0.25, -0.2) is 13.2 Å². The van der Waals surface area contributed by atoms with Crippen LogP contribution in [-0.4, -0.2) is 54.3 Å². The third-order valence-corrected chi connectivity index (χ3v) is 9.93. The molecular weight excluding hydrogens is 490 g/mol. The predicted octanol–water partition coefficient (Wildman–Crippen LogP) is 4.22. The smallest absolute Gasteiger partial charge is 0.336 e. The van der Waals surface area contributed by atoms with Crippen LogP contribution in [0.15, 0.2) is 34.7 Å². The Morgan fingerprint density at radius 2 is 1.81 bits per heavy atom. The van der Waals surface area contributed by atoms with Gasteiger partial charge in [0.25, 0.3) is 0 Å². The highest BCUT2D eigenvalue weighted by molar-refractivity contribution is 7.89. The molecule has 0 atom stereocenters. The quantitative estimate of drug-likeness (QED) is 0.523. The van der Waals surface area contributed by atoms with Crippen molar-refractivity contribution in [3.8, 4) is 0 Å². The molecule has 5 rings (SSSR count). The van der Waals surface area contributed by atoms with E-state index in [1.54, 1.807) is 6.07 Å². The highest BCUT2D eigenvalue weighted by Gasteiger charge is 2.33. The normalized spacial score (nSPS) is 19.3. The van der Waals surface area contributed by atoms with E-state index in [1.807, 2.05) is 0 Å². The molecule has 0 unspecified atom stereocenters. The SMILES string of the molecule is O=C(O)c1c2c(nc3ccc(S(=O)(=O)N4CCC(C(=O)NCCC5=CCCCC5)CC4)cc13)CCCC2. The number of pyridine rings is 1. The number of aryl methyl sites for hydroxylation is 1. The van der Waals surface area contributed by atoms with Crippen LogP contribution in [0.4, 0.5) is 0 Å². The summed E-state index contributed by atoms with van der Waals surface area (Å²) in [6, 6.07) is 4.60. The van der Waals surface area contributed by atoms with Gasteiger partial charge in [-0.2, -0.15) is 4.31 Å². The second-order valence-electron chi connectivity index (χ2n) is 10.4. The van der Waals surface area contributed by atoms with Crippen molar-refractivity contribution in [2.75, 3.05) is 19.6 Å². The maximum Gasteiger partial charge on any atom is 0.336 e. The van der Waals surface area contributed by atoms with Crippen molar-refractivity contribution in [3.63, 3.8) is 0 Å². The number of aromatic nitrogens is 1. The van der Waals surface area contributed by atoms with Gasteiger partial charge < -0.3 is 10.4 Å². The summed E-state index contributed by atoms with van der Waals surface area (Å²) in [5.41, 5.74) is 3.65. The van der Waals surface area contributed by atoms with Crippen LogP contribution < -0.4 is 5.32 Å². The molecule has 0 bridgehead atoms. The number of piperidine rings is 1. The molecule has 1 amide bonds. The average Bonchev–Trinajstić information content (AvgIpc) is 2.91. The first kappa shape index (κ1) is 25.9. The lowest BCUT2D eigenvalue weighted by molar-refractivity contribution is -0.126. The summed E-state index contributed by atoms with van der Waals surface area (Å²) in [5.74, 6) is -1.24. The summed E-state index contributed by atoms with van der Waals surface area (Å²) in [5, 5.41) is 13.4. The van der Waals surface area contributed by atoms with E-state index in [0.717, 1.165) is 49.8 Å². The van der Waals surface area contributed by atoms with Crippen LogP contribution in [0, 0.1) is 5.92 Å². The van der Waals surface area contributed by atoms with Gasteiger partial charge in [0, 0.05) is 36.6 Å². The van der Waals surface area contributed by atoms with Crippen LogP contribution in [0.5, 0.6) is 0 Å². The van der Waals surface area contributed by atoms with E-state index in [-0.39, 0.29) is 35.4 Å². The van der Waals surface area contributed by atoms with E-state index >= 15 is 0 Å². The Morgan fingerprint density at radius 1 is 1.05 bits per heavy atom. The summed E-state index contributed by atoms with van der Waals surface area (Å²) in [7, 11) is -3.82. The molecular formula is C28H35N3O5S. The van der Waals surface area contributed by atoms with Crippen LogP contribution in [-0.2, 0) is 27.7 Å². The molecule has 1 aliphatic heterocycles. The fourth-order valence-electron chi connectivity index (χ4n) is 5.94. The lowest BCUT2D eigenvalue weighted by atomic mass is 9.90. The van der Waals surface area contributed by atoms with E-state index in [9.17, 15) is 23.1 Å². The zero-order valence-corrected chi connectivity index (χ0v) is 22.0. The number of amides is 1. The zero-order valence-electron chi connectivity index (χ0n) is 21.2. The van der Waals surface area contributed by atoms with E-state index in [2.05, 4.69) is 16.4 Å². The summed E-state index contributed by atoms with van der Waals surface area (Å²) in [4.78, 5) is 29.6. The monoisotopic (exact) mass is 525 g/mol. The molecule has 2 N–H and O–H groups in total. The third kappa shape index (κ3) is 5.43. The molecule has 9 heteroatoms. The lowest BCUT2D eigenvalue weighted by Crippen LogP contribution is -2.43. The first-order valence-electron chi connectivity index (χ1n) is 13.5. The molecule has 1 aromatic carbocycles. The van der Waals surface area contributed by atoms with Gasteiger partial charge in [0.2, 0.25) is 15.9 Å². The molecule has 0 spiro atoms. The Labute approximate surface area is 218 Å². The van der Waals surface area contributed by atoms with E-state index in [4.69, 9.17) is 0 Å². The molecule has 37 heavy (non-hydrogen) atoms. The third-order valence-electron chi connectivity index (χ3n) is 8.04. The number of carboxylic acids is 1. The molecule has 2 heterocycles. The van der Waals surface area contributed by atoms with Crippen molar-refractivity contribution in [3.05, 3.63) is 46.7 Å². The van der Waals surface area contributed by atoms with Gasteiger partial charge in [0.1, 0.15) is 0 Å². The van der Waals surface area contributed by atoms with E-state index in [0.29, 0.717) is 36.7 Å². The predicted molar refractivity (Wildman–Crippen MR) is 141 cm³/mol. The van der Waals surface area contributed by atoms with Gasteiger partial charge >= 0.3 is 5.97 Å². The number of hydrogen-bond acceptors (Lipinski definition) is 5. The number of nitrogens with zero attached hydrogens (tertiary/aromatic N) is 2. The maximum absolute atomic E-state index is 13.5. The van der Waals surface area contributed by atoms with E-state index < -0.39 is 16.0 Å². The number of hydrogen-bond donors (Lipinski definition) is 2. The fourth-order valence-corrected chi connectivity index (χ4v) is 7.43. The van der Waals surface area contributed by atoms with Crippen molar-refractivity contribution in [2.45, 2.75) is 75.5 Å². The van der Waals surface area contributed by atoms with Gasteiger partial charge in [-0.05, 0) is 94.4 Å². The second-order valence-corrected chi connectivity index (χ2v) is 12.4. The molecule has 2 aromatic rings. The number of nitrogens with one attached hydrogen (secondary N) is 1. The molecule has 1 saturated heterocycles. The minimum Gasteiger partial charge on any atom is -0.478 e. The van der Waals surface area contributed by atoms with Gasteiger partial charge in [0.15, 0.2) is 0 Å². The number of benzene rings is 1. The number of carbonyl (C=O) groups is 2. The fraction of sp³-hybridized carbons (Fsp3) is 0.536. The Bertz CT molecular complexity index is 1340. The van der Waals surface area contributed by atoms with Gasteiger partial charge in [-0.15, -0.1) is 0 Å². The van der Waals surface area contributed by atoms with Crippen molar-refractivity contribution in [2.24, 2.45) is 5.92 Å². The van der Waals surface area contributed by atoms with Crippen molar-refractivity contribution in [1.29, 1.82) is 0 Å². The standard InChI is InChI=1S/C28H35N3O5S/c32-27(29-15-12-19-6-2-1-3-7-19)20-13-16-31(17-14-20)37(35,36)21-10-11-25-23(18-21)26(28(33)34)22-8-4-5-9-24(22)30-25/h6,10-11,18,20H,1-5,7-9,12-17H2,(H,29,32)(H,33,34). The zero-order chi connectivity index (χ0) is 26.0. The Hall–Kier alpha value is -2.78. The summed E-state index contributed by atoms with van der Waals surface area (Å²) in [6.45, 7) is 1.15. The van der Waals surface area contributed by atoms with Crippen molar-refractivity contribution >= 4 is 32.8 Å². The van der Waals surface area contributed by atoms with Crippen molar-refractivity contribution in [1.82, 2.24) is 14.6 Å². The highest BCUT2D eigenvalue weighted by Crippen LogP contribution is 2.32. The first-order chi connectivity index (χ1) is 17.8. The number of fused-ring (bicyclic) bond motifs is 2. The Balaban J connectivity index is 1.27. The number of sulfonamides is 1. The second kappa shape index (κ2) is 10.9. The number of aromatic carboxylic acids is 1. The molecule has 0 radical (unpaired) electrons. The number of carbonyl (C=O) groups excluding carboxylic acids is 1. The molecule has 1 aromatic heterocycles. The minimum absolute atomic E-state index is 0.00103. The molecule has 1 fully saturated rings. The highest BCUT2D eigenvalue weighted by atomic mass is 32.2. The number of rotatable bonds is 7. The summed E-state index contributed by atoms with van der Waals surface area (Å²) in [6.07, 6.45) is 12.1. The van der Waals surface area contributed by atoms with Crippen LogP contribution in [0.3, 0.4) is 0 Å².